The summed E-state index contributed by atoms with van der Waals surface area (Å²) in [4.78, 5) is 0. The third-order valence-electron chi connectivity index (χ3n) is 6.24. The average molecular weight is 262 g/mol. The van der Waals surface area contributed by atoms with E-state index in [4.69, 9.17) is 0 Å². The molecular weight excluding hydrogens is 240 g/mol. The van der Waals surface area contributed by atoms with Gasteiger partial charge in [0.05, 0.1) is 0 Å². The van der Waals surface area contributed by atoms with E-state index in [1.54, 1.807) is 16.7 Å². The Balaban J connectivity index is 1.81. The van der Waals surface area contributed by atoms with Crippen molar-refractivity contribution in [1.82, 2.24) is 0 Å². The molecule has 0 bridgehead atoms. The number of benzene rings is 1. The molecule has 1 aromatic carbocycles. The van der Waals surface area contributed by atoms with E-state index in [9.17, 15) is 0 Å². The van der Waals surface area contributed by atoms with Crippen molar-refractivity contribution in [3.05, 3.63) is 46.5 Å². The Labute approximate surface area is 121 Å². The minimum Gasteiger partial charge on any atom is -0.0833 e. The molecule has 3 atom stereocenters. The lowest BCUT2D eigenvalue weighted by molar-refractivity contribution is 0.297. The number of hydrogen-bond acceptors (Lipinski definition) is 0. The lowest BCUT2D eigenvalue weighted by atomic mass is 9.58. The summed E-state index contributed by atoms with van der Waals surface area (Å²) >= 11 is 0. The first-order chi connectivity index (χ1) is 9.93. The second-order valence-corrected chi connectivity index (χ2v) is 7.11. The Hall–Kier alpha value is -1.30. The van der Waals surface area contributed by atoms with Gasteiger partial charge in [0, 0.05) is 0 Å². The zero-order chi connectivity index (χ0) is 13.1. The summed E-state index contributed by atoms with van der Waals surface area (Å²) in [5.74, 6) is 2.61. The molecule has 0 heteroatoms. The summed E-state index contributed by atoms with van der Waals surface area (Å²) in [5.41, 5.74) is 8.54. The van der Waals surface area contributed by atoms with Crippen molar-refractivity contribution >= 4 is 11.6 Å². The van der Waals surface area contributed by atoms with Crippen molar-refractivity contribution in [3.8, 4) is 0 Å². The molecule has 1 saturated carbocycles. The Bertz CT molecular complexity index is 631. The van der Waals surface area contributed by atoms with Crippen molar-refractivity contribution < 1.29 is 0 Å². The molecule has 4 aliphatic carbocycles. The van der Waals surface area contributed by atoms with Crippen LogP contribution in [0.15, 0.2) is 29.8 Å². The van der Waals surface area contributed by atoms with Gasteiger partial charge in [-0.05, 0) is 78.5 Å². The first-order valence-corrected chi connectivity index (χ1v) is 8.46. The van der Waals surface area contributed by atoms with E-state index in [2.05, 4.69) is 30.4 Å². The average Bonchev–Trinajstić information content (AvgIpc) is 2.52. The Morgan fingerprint density at radius 3 is 2.90 bits per heavy atom. The van der Waals surface area contributed by atoms with E-state index in [1.807, 2.05) is 5.57 Å². The minimum absolute atomic E-state index is 0.797. The highest BCUT2D eigenvalue weighted by molar-refractivity contribution is 5.80. The van der Waals surface area contributed by atoms with E-state index in [0.29, 0.717) is 0 Å². The highest BCUT2D eigenvalue weighted by Crippen LogP contribution is 2.57. The number of allylic oxidation sites excluding steroid dienone is 3. The summed E-state index contributed by atoms with van der Waals surface area (Å²) in [7, 11) is 0. The van der Waals surface area contributed by atoms with Crippen LogP contribution in [0.25, 0.3) is 11.6 Å². The van der Waals surface area contributed by atoms with Gasteiger partial charge in [-0.15, -0.1) is 0 Å². The summed E-state index contributed by atoms with van der Waals surface area (Å²) < 4.78 is 0. The quantitative estimate of drug-likeness (QED) is 0.574. The highest BCUT2D eigenvalue weighted by Gasteiger charge is 2.42. The van der Waals surface area contributed by atoms with Crippen molar-refractivity contribution in [2.75, 3.05) is 0 Å². The molecule has 0 heterocycles. The predicted molar refractivity (Wildman–Crippen MR) is 84.4 cm³/mol. The Morgan fingerprint density at radius 2 is 1.90 bits per heavy atom. The second kappa shape index (κ2) is 4.10. The number of rotatable bonds is 0. The van der Waals surface area contributed by atoms with Gasteiger partial charge < -0.3 is 0 Å². The lowest BCUT2D eigenvalue weighted by Crippen LogP contribution is -2.32. The molecule has 0 radical (unpaired) electrons. The van der Waals surface area contributed by atoms with Gasteiger partial charge in [0.2, 0.25) is 0 Å². The zero-order valence-electron chi connectivity index (χ0n) is 12.1. The van der Waals surface area contributed by atoms with Gasteiger partial charge in [0.15, 0.2) is 0 Å². The molecule has 0 aromatic heterocycles. The van der Waals surface area contributed by atoms with Crippen molar-refractivity contribution in [2.24, 2.45) is 11.8 Å². The van der Waals surface area contributed by atoms with Crippen LogP contribution >= 0.6 is 0 Å². The van der Waals surface area contributed by atoms with Crippen LogP contribution in [-0.2, 0) is 0 Å². The molecule has 20 heavy (non-hydrogen) atoms. The fourth-order valence-electron chi connectivity index (χ4n) is 5.58. The van der Waals surface area contributed by atoms with Gasteiger partial charge in [-0.25, -0.2) is 0 Å². The van der Waals surface area contributed by atoms with Crippen molar-refractivity contribution in [2.45, 2.75) is 50.9 Å². The predicted octanol–water partition coefficient (Wildman–Crippen LogP) is 5.55. The lowest BCUT2D eigenvalue weighted by Gasteiger charge is -2.47. The Kier molecular flexibility index (Phi) is 2.33. The summed E-state index contributed by atoms with van der Waals surface area (Å²) in [6, 6.07) is 7.03. The monoisotopic (exact) mass is 262 g/mol. The second-order valence-electron chi connectivity index (χ2n) is 7.11. The van der Waals surface area contributed by atoms with Crippen molar-refractivity contribution in [1.29, 1.82) is 0 Å². The molecule has 3 unspecified atom stereocenters. The molecule has 5 rings (SSSR count). The van der Waals surface area contributed by atoms with E-state index in [-0.39, 0.29) is 0 Å². The van der Waals surface area contributed by atoms with E-state index in [0.717, 1.165) is 17.8 Å². The molecule has 1 fully saturated rings. The zero-order valence-corrected chi connectivity index (χ0v) is 12.1. The molecule has 0 aliphatic heterocycles. The maximum atomic E-state index is 2.43. The van der Waals surface area contributed by atoms with Crippen LogP contribution in [0.5, 0.6) is 0 Å². The molecule has 4 aliphatic rings. The maximum absolute atomic E-state index is 2.43. The number of fused-ring (bicyclic) bond motifs is 2. The smallest absolute Gasteiger partial charge is 0.00494 e. The molecule has 0 nitrogen and oxygen atoms in total. The third-order valence-corrected chi connectivity index (χ3v) is 6.24. The van der Waals surface area contributed by atoms with E-state index in [1.165, 1.54) is 50.5 Å². The van der Waals surface area contributed by atoms with Crippen LogP contribution < -0.4 is 0 Å². The Morgan fingerprint density at radius 1 is 0.950 bits per heavy atom. The van der Waals surface area contributed by atoms with Gasteiger partial charge in [0.1, 0.15) is 0 Å². The van der Waals surface area contributed by atoms with Crippen LogP contribution in [0.2, 0.25) is 0 Å². The first kappa shape index (κ1) is 11.4. The summed E-state index contributed by atoms with van der Waals surface area (Å²) in [6.45, 7) is 0. The molecule has 1 aromatic rings. The third kappa shape index (κ3) is 1.38. The summed E-state index contributed by atoms with van der Waals surface area (Å²) in [6.07, 6.45) is 14.7. The normalized spacial score (nSPS) is 33.7. The topological polar surface area (TPSA) is 0 Å². The van der Waals surface area contributed by atoms with Crippen molar-refractivity contribution in [3.63, 3.8) is 0 Å². The first-order valence-electron chi connectivity index (χ1n) is 8.46. The fraction of sp³-hybridized carbons (Fsp3) is 0.500. The standard InChI is InChI=1S/C20H22/c1-5-13-6-2-11-17-18-12-4-8-14-7-3-10-16(20(14)18)15(9-1)19(13)17/h1-2,5-6,9,14,17-18H,3-4,7-8,10-12H2. The molecule has 0 saturated heterocycles. The molecule has 102 valence electrons. The van der Waals surface area contributed by atoms with Gasteiger partial charge in [-0.3, -0.25) is 0 Å². The molecule has 0 amide bonds. The van der Waals surface area contributed by atoms with Gasteiger partial charge in [-0.1, -0.05) is 42.3 Å². The van der Waals surface area contributed by atoms with Crippen LogP contribution in [0.4, 0.5) is 0 Å². The largest absolute Gasteiger partial charge is 0.0833 e. The fourth-order valence-corrected chi connectivity index (χ4v) is 5.58. The summed E-state index contributed by atoms with van der Waals surface area (Å²) in [5, 5.41) is 0. The van der Waals surface area contributed by atoms with E-state index < -0.39 is 0 Å². The van der Waals surface area contributed by atoms with Gasteiger partial charge in [0.25, 0.3) is 0 Å². The van der Waals surface area contributed by atoms with Crippen LogP contribution in [0.1, 0.15) is 67.6 Å². The minimum atomic E-state index is 0.797. The molecule has 0 spiro atoms. The number of hydrogen-bond donors (Lipinski definition) is 0. The SMILES string of the molecule is C1=Cc2cccc3c2C(C1)C1CCCC2CCCC3=C21. The van der Waals surface area contributed by atoms with Crippen LogP contribution in [0.3, 0.4) is 0 Å². The van der Waals surface area contributed by atoms with Crippen LogP contribution in [-0.4, -0.2) is 0 Å². The maximum Gasteiger partial charge on any atom is -0.00494 e. The van der Waals surface area contributed by atoms with E-state index >= 15 is 0 Å². The van der Waals surface area contributed by atoms with Crippen LogP contribution in [0, 0.1) is 11.8 Å². The molecule has 0 N–H and O–H groups in total. The van der Waals surface area contributed by atoms with Gasteiger partial charge >= 0.3 is 0 Å². The molecular formula is C20H22. The highest BCUT2D eigenvalue weighted by atomic mass is 14.5. The van der Waals surface area contributed by atoms with Gasteiger partial charge in [-0.2, -0.15) is 0 Å².